The van der Waals surface area contributed by atoms with Crippen LogP contribution in [0.4, 0.5) is 11.4 Å². The summed E-state index contributed by atoms with van der Waals surface area (Å²) < 4.78 is 0. The first-order chi connectivity index (χ1) is 9.47. The molecular weight excluding hydrogens is 270 g/mol. The number of nitrogens with zero attached hydrogens (tertiary/aromatic N) is 1. The first kappa shape index (κ1) is 14.4. The van der Waals surface area contributed by atoms with Crippen molar-refractivity contribution in [3.05, 3.63) is 45.6 Å². The van der Waals surface area contributed by atoms with Gasteiger partial charge in [-0.05, 0) is 30.7 Å². The zero-order valence-corrected chi connectivity index (χ0v) is 12.8. The summed E-state index contributed by atoms with van der Waals surface area (Å²) in [5.74, 6) is -0.377. The van der Waals surface area contributed by atoms with Crippen LogP contribution in [0, 0.1) is 6.92 Å². The molecule has 0 saturated heterocycles. The number of carbonyl (C=O) groups excluding carboxylic acids is 1. The van der Waals surface area contributed by atoms with Gasteiger partial charge in [0.1, 0.15) is 0 Å². The highest BCUT2D eigenvalue weighted by molar-refractivity contribution is 7.10. The number of nitrogens with two attached hydrogens (primary N) is 1. The predicted molar refractivity (Wildman–Crippen MR) is 85.7 cm³/mol. The lowest BCUT2D eigenvalue weighted by Crippen LogP contribution is -2.11. The number of hydrogen-bond acceptors (Lipinski definition) is 4. The molecular formula is C15H19N3OS. The van der Waals surface area contributed by atoms with Gasteiger partial charge in [-0.25, -0.2) is 0 Å². The van der Waals surface area contributed by atoms with Crippen molar-refractivity contribution in [2.24, 2.45) is 5.73 Å². The van der Waals surface area contributed by atoms with E-state index in [1.165, 1.54) is 22.6 Å². The number of carbonyl (C=O) groups is 1. The first-order valence-electron chi connectivity index (χ1n) is 6.36. The lowest BCUT2D eigenvalue weighted by Gasteiger charge is -2.17. The van der Waals surface area contributed by atoms with Gasteiger partial charge in [-0.1, -0.05) is 6.07 Å². The largest absolute Gasteiger partial charge is 0.380 e. The van der Waals surface area contributed by atoms with Gasteiger partial charge in [-0.2, -0.15) is 0 Å². The Kier molecular flexibility index (Phi) is 4.29. The molecule has 0 unspecified atom stereocenters. The van der Waals surface area contributed by atoms with Crippen LogP contribution in [0.1, 0.15) is 20.8 Å². The summed E-state index contributed by atoms with van der Waals surface area (Å²) in [6.45, 7) is 2.78. The summed E-state index contributed by atoms with van der Waals surface area (Å²) in [7, 11) is 4.06. The number of benzene rings is 1. The average Bonchev–Trinajstić information content (AvgIpc) is 2.86. The fraction of sp³-hybridized carbons (Fsp3) is 0.267. The van der Waals surface area contributed by atoms with E-state index in [0.29, 0.717) is 12.1 Å². The third-order valence-corrected chi connectivity index (χ3v) is 4.03. The maximum absolute atomic E-state index is 11.0. The predicted octanol–water partition coefficient (Wildman–Crippen LogP) is 2.83. The number of hydrogen-bond donors (Lipinski definition) is 2. The number of anilines is 2. The normalized spacial score (nSPS) is 10.3. The van der Waals surface area contributed by atoms with Crippen molar-refractivity contribution in [3.8, 4) is 0 Å². The lowest BCUT2D eigenvalue weighted by molar-refractivity contribution is 0.100. The van der Waals surface area contributed by atoms with Crippen LogP contribution in [0.2, 0.25) is 0 Å². The summed E-state index contributed by atoms with van der Waals surface area (Å²) >= 11 is 1.54. The lowest BCUT2D eigenvalue weighted by atomic mass is 10.1. The molecule has 2 aromatic rings. The summed E-state index contributed by atoms with van der Waals surface area (Å²) in [6.07, 6.45) is 0. The van der Waals surface area contributed by atoms with Crippen LogP contribution in [0.3, 0.4) is 0 Å². The Hall–Kier alpha value is -2.01. The van der Waals surface area contributed by atoms with Crippen LogP contribution >= 0.6 is 11.3 Å². The fourth-order valence-corrected chi connectivity index (χ4v) is 2.81. The third-order valence-electron chi connectivity index (χ3n) is 3.10. The zero-order valence-electron chi connectivity index (χ0n) is 11.9. The van der Waals surface area contributed by atoms with Gasteiger partial charge in [0.05, 0.1) is 5.56 Å². The topological polar surface area (TPSA) is 58.4 Å². The van der Waals surface area contributed by atoms with E-state index in [1.54, 1.807) is 5.38 Å². The van der Waals surface area contributed by atoms with Gasteiger partial charge in [0, 0.05) is 42.3 Å². The zero-order chi connectivity index (χ0) is 14.7. The molecule has 1 heterocycles. The summed E-state index contributed by atoms with van der Waals surface area (Å²) in [4.78, 5) is 14.2. The van der Waals surface area contributed by atoms with E-state index in [1.807, 2.05) is 20.2 Å². The van der Waals surface area contributed by atoms with Crippen molar-refractivity contribution in [3.63, 3.8) is 0 Å². The molecule has 20 heavy (non-hydrogen) atoms. The molecule has 1 aromatic heterocycles. The van der Waals surface area contributed by atoms with Gasteiger partial charge in [0.2, 0.25) is 5.91 Å². The van der Waals surface area contributed by atoms with E-state index >= 15 is 0 Å². The number of nitrogens with one attached hydrogen (secondary N) is 1. The molecule has 0 aliphatic heterocycles. The van der Waals surface area contributed by atoms with Crippen molar-refractivity contribution < 1.29 is 4.79 Å². The molecule has 106 valence electrons. The van der Waals surface area contributed by atoms with Crippen LogP contribution < -0.4 is 16.0 Å². The molecule has 0 atom stereocenters. The van der Waals surface area contributed by atoms with Crippen LogP contribution in [0.5, 0.6) is 0 Å². The molecule has 0 aliphatic rings. The standard InChI is InChI=1S/C15H19N3OS/c1-10-4-5-12(7-14(10)18(2)3)17-8-13-6-11(9-20-13)15(16)19/h4-7,9,17H,8H2,1-3H3,(H2,16,19). The highest BCUT2D eigenvalue weighted by Crippen LogP contribution is 2.23. The number of primary amides is 1. The SMILES string of the molecule is Cc1ccc(NCc2cc(C(N)=O)cs2)cc1N(C)C. The molecule has 3 N–H and O–H groups in total. The molecule has 2 rings (SSSR count). The Balaban J connectivity index is 2.06. The molecule has 1 amide bonds. The van der Waals surface area contributed by atoms with Crippen molar-refractivity contribution in [1.82, 2.24) is 0 Å². The Morgan fingerprint density at radius 3 is 2.70 bits per heavy atom. The Bertz CT molecular complexity index is 619. The average molecular weight is 289 g/mol. The quantitative estimate of drug-likeness (QED) is 0.890. The molecule has 0 spiro atoms. The third kappa shape index (κ3) is 3.30. The molecule has 5 heteroatoms. The second kappa shape index (κ2) is 5.96. The monoisotopic (exact) mass is 289 g/mol. The van der Waals surface area contributed by atoms with Gasteiger partial charge in [-0.3, -0.25) is 4.79 Å². The van der Waals surface area contributed by atoms with Crippen molar-refractivity contribution >= 4 is 28.6 Å². The molecule has 4 nitrogen and oxygen atoms in total. The van der Waals surface area contributed by atoms with Gasteiger partial charge >= 0.3 is 0 Å². The molecule has 0 fully saturated rings. The minimum atomic E-state index is -0.377. The van der Waals surface area contributed by atoms with Crippen LogP contribution in [-0.4, -0.2) is 20.0 Å². The molecule has 0 bridgehead atoms. The second-order valence-electron chi connectivity index (χ2n) is 4.92. The summed E-state index contributed by atoms with van der Waals surface area (Å²) in [5.41, 5.74) is 9.32. The van der Waals surface area contributed by atoms with E-state index in [2.05, 4.69) is 35.3 Å². The highest BCUT2D eigenvalue weighted by atomic mass is 32.1. The minimum absolute atomic E-state index is 0.377. The van der Waals surface area contributed by atoms with E-state index in [-0.39, 0.29) is 5.91 Å². The van der Waals surface area contributed by atoms with Crippen LogP contribution in [0.25, 0.3) is 0 Å². The van der Waals surface area contributed by atoms with Crippen molar-refractivity contribution in [1.29, 1.82) is 0 Å². The minimum Gasteiger partial charge on any atom is -0.380 e. The molecule has 1 aromatic carbocycles. The number of aryl methyl sites for hydroxylation is 1. The Morgan fingerprint density at radius 1 is 1.35 bits per heavy atom. The maximum atomic E-state index is 11.0. The molecule has 0 saturated carbocycles. The van der Waals surface area contributed by atoms with E-state index in [0.717, 1.165) is 10.6 Å². The van der Waals surface area contributed by atoms with Gasteiger partial charge in [0.25, 0.3) is 0 Å². The highest BCUT2D eigenvalue weighted by Gasteiger charge is 2.06. The molecule has 0 radical (unpaired) electrons. The Labute approximate surface area is 123 Å². The fourth-order valence-electron chi connectivity index (χ4n) is 1.99. The van der Waals surface area contributed by atoms with Crippen LogP contribution in [-0.2, 0) is 6.54 Å². The smallest absolute Gasteiger partial charge is 0.249 e. The van der Waals surface area contributed by atoms with Crippen LogP contribution in [0.15, 0.2) is 29.6 Å². The second-order valence-corrected chi connectivity index (χ2v) is 5.91. The van der Waals surface area contributed by atoms with Crippen molar-refractivity contribution in [2.75, 3.05) is 24.3 Å². The van der Waals surface area contributed by atoms with Crippen molar-refractivity contribution in [2.45, 2.75) is 13.5 Å². The van der Waals surface area contributed by atoms with Gasteiger partial charge in [-0.15, -0.1) is 11.3 Å². The first-order valence-corrected chi connectivity index (χ1v) is 7.24. The summed E-state index contributed by atoms with van der Waals surface area (Å²) in [5, 5.41) is 5.16. The Morgan fingerprint density at radius 2 is 2.10 bits per heavy atom. The van der Waals surface area contributed by atoms with Gasteiger partial charge in [0.15, 0.2) is 0 Å². The van der Waals surface area contributed by atoms with E-state index in [9.17, 15) is 4.79 Å². The van der Waals surface area contributed by atoms with Gasteiger partial charge < -0.3 is 16.0 Å². The molecule has 0 aliphatic carbocycles. The summed E-state index contributed by atoms with van der Waals surface area (Å²) in [6, 6.07) is 8.12. The maximum Gasteiger partial charge on any atom is 0.249 e. The number of amides is 1. The number of rotatable bonds is 5. The van der Waals surface area contributed by atoms with E-state index < -0.39 is 0 Å². The van der Waals surface area contributed by atoms with E-state index in [4.69, 9.17) is 5.73 Å². The number of thiophene rings is 1.